The molecule has 2 rings (SSSR count). The van der Waals surface area contributed by atoms with Crippen molar-refractivity contribution in [2.75, 3.05) is 19.6 Å². The number of anilines is 1. The second-order valence-corrected chi connectivity index (χ2v) is 5.33. The molecule has 0 saturated carbocycles. The summed E-state index contributed by atoms with van der Waals surface area (Å²) in [7, 11) is 3.04. The molecule has 9 heteroatoms. The van der Waals surface area contributed by atoms with Crippen molar-refractivity contribution >= 4 is 23.1 Å². The van der Waals surface area contributed by atoms with Crippen molar-refractivity contribution in [1.29, 1.82) is 0 Å². The van der Waals surface area contributed by atoms with Crippen LogP contribution in [0.15, 0.2) is 35.6 Å². The summed E-state index contributed by atoms with van der Waals surface area (Å²) in [6.07, 6.45) is -3.82. The molecule has 0 aliphatic rings. The average Bonchev–Trinajstić information content (AvgIpc) is 2.58. The molecule has 2 aromatic rings. The summed E-state index contributed by atoms with van der Waals surface area (Å²) in [6.45, 7) is 1.70. The van der Waals surface area contributed by atoms with E-state index in [0.29, 0.717) is 29.0 Å². The van der Waals surface area contributed by atoms with E-state index < -0.39 is 11.7 Å². The lowest BCUT2D eigenvalue weighted by Gasteiger charge is -2.11. The number of aromatic nitrogens is 1. The van der Waals surface area contributed by atoms with Gasteiger partial charge in [-0.25, -0.2) is 4.98 Å². The summed E-state index contributed by atoms with van der Waals surface area (Å²) in [5, 5.41) is 3.91. The number of hydrazone groups is 1. The van der Waals surface area contributed by atoms with Gasteiger partial charge in [-0.15, -0.1) is 0 Å². The molecule has 0 amide bonds. The highest BCUT2D eigenvalue weighted by Gasteiger charge is 2.31. The number of pyridine rings is 1. The molecule has 0 fully saturated rings. The van der Waals surface area contributed by atoms with Gasteiger partial charge in [0, 0.05) is 17.8 Å². The zero-order valence-electron chi connectivity index (χ0n) is 13.6. The van der Waals surface area contributed by atoms with Gasteiger partial charge in [-0.2, -0.15) is 18.3 Å². The Morgan fingerprint density at radius 1 is 1.20 bits per heavy atom. The molecule has 0 aliphatic heterocycles. The summed E-state index contributed by atoms with van der Waals surface area (Å²) in [6, 6.07) is 5.97. The number of alkyl halides is 3. The third-order valence-electron chi connectivity index (χ3n) is 3.30. The highest BCUT2D eigenvalue weighted by Crippen LogP contribution is 2.32. The number of ether oxygens (including phenoxy) is 2. The highest BCUT2D eigenvalue weighted by molar-refractivity contribution is 6.33. The second-order valence-electron chi connectivity index (χ2n) is 4.93. The van der Waals surface area contributed by atoms with Crippen LogP contribution in [0, 0.1) is 0 Å². The lowest BCUT2D eigenvalue weighted by Crippen LogP contribution is -2.07. The lowest BCUT2D eigenvalue weighted by atomic mass is 10.1. The molecular weight excluding hydrogens is 359 g/mol. The van der Waals surface area contributed by atoms with Crippen molar-refractivity contribution in [3.8, 4) is 11.5 Å². The first-order valence-electron chi connectivity index (χ1n) is 7.01. The second kappa shape index (κ2) is 7.60. The van der Waals surface area contributed by atoms with E-state index in [9.17, 15) is 13.2 Å². The molecule has 0 aliphatic carbocycles. The molecule has 0 atom stereocenters. The maximum Gasteiger partial charge on any atom is 0.417 e. The normalized spacial score (nSPS) is 12.0. The molecule has 5 nitrogen and oxygen atoms in total. The standard InChI is InChI=1S/C16H15ClF3N3O2/c1-9(12-5-4-11(24-2)7-14(12)25-3)22-23-15-13(17)6-10(8-21-15)16(18,19)20/h4-8H,1-3H3,(H,21,23)/b22-9-. The topological polar surface area (TPSA) is 55.7 Å². The van der Waals surface area contributed by atoms with Crippen molar-refractivity contribution in [3.63, 3.8) is 0 Å². The Hall–Kier alpha value is -2.48. The van der Waals surface area contributed by atoms with Gasteiger partial charge in [0.05, 0.1) is 30.5 Å². The van der Waals surface area contributed by atoms with E-state index in [1.807, 2.05) is 0 Å². The Morgan fingerprint density at radius 3 is 2.48 bits per heavy atom. The van der Waals surface area contributed by atoms with Gasteiger partial charge in [-0.1, -0.05) is 11.6 Å². The summed E-state index contributed by atoms with van der Waals surface area (Å²) >= 11 is 5.83. The Morgan fingerprint density at radius 2 is 1.92 bits per heavy atom. The van der Waals surface area contributed by atoms with E-state index in [4.69, 9.17) is 21.1 Å². The SMILES string of the molecule is COc1ccc(/C(C)=N\Nc2ncc(C(F)(F)F)cc2Cl)c(OC)c1. The van der Waals surface area contributed by atoms with E-state index in [2.05, 4.69) is 15.5 Å². The maximum atomic E-state index is 12.6. The molecule has 0 saturated heterocycles. The van der Waals surface area contributed by atoms with Gasteiger partial charge >= 0.3 is 6.18 Å². The van der Waals surface area contributed by atoms with Crippen LogP contribution < -0.4 is 14.9 Å². The first kappa shape index (κ1) is 18.9. The minimum absolute atomic E-state index is 0.0153. The fraction of sp³-hybridized carbons (Fsp3) is 0.250. The monoisotopic (exact) mass is 373 g/mol. The van der Waals surface area contributed by atoms with Crippen LogP contribution in [0.3, 0.4) is 0 Å². The van der Waals surface area contributed by atoms with Crippen LogP contribution in [0.2, 0.25) is 5.02 Å². The summed E-state index contributed by atoms with van der Waals surface area (Å²) in [5.74, 6) is 1.17. The van der Waals surface area contributed by atoms with Crippen LogP contribution in [-0.4, -0.2) is 24.9 Å². The number of rotatable bonds is 5. The third-order valence-corrected chi connectivity index (χ3v) is 3.58. The predicted molar refractivity (Wildman–Crippen MR) is 89.6 cm³/mol. The van der Waals surface area contributed by atoms with Gasteiger partial charge in [0.25, 0.3) is 0 Å². The zero-order valence-corrected chi connectivity index (χ0v) is 14.4. The van der Waals surface area contributed by atoms with E-state index in [-0.39, 0.29) is 10.8 Å². The quantitative estimate of drug-likeness (QED) is 0.614. The van der Waals surface area contributed by atoms with Crippen molar-refractivity contribution in [1.82, 2.24) is 4.98 Å². The molecule has 134 valence electrons. The highest BCUT2D eigenvalue weighted by atomic mass is 35.5. The van der Waals surface area contributed by atoms with E-state index in [0.717, 1.165) is 6.07 Å². The third kappa shape index (κ3) is 4.54. The van der Waals surface area contributed by atoms with Crippen LogP contribution in [0.1, 0.15) is 18.1 Å². The minimum atomic E-state index is -4.51. The Labute approximate surface area is 147 Å². The molecule has 1 N–H and O–H groups in total. The number of hydrogen-bond acceptors (Lipinski definition) is 5. The van der Waals surface area contributed by atoms with Gasteiger partial charge in [-0.05, 0) is 25.1 Å². The molecule has 1 aromatic heterocycles. The number of hydrogen-bond donors (Lipinski definition) is 1. The van der Waals surface area contributed by atoms with Gasteiger partial charge in [0.2, 0.25) is 0 Å². The number of nitrogens with zero attached hydrogens (tertiary/aromatic N) is 2. The summed E-state index contributed by atoms with van der Waals surface area (Å²) < 4.78 is 48.2. The van der Waals surface area contributed by atoms with Crippen LogP contribution >= 0.6 is 11.6 Å². The Balaban J connectivity index is 2.24. The molecule has 1 heterocycles. The number of nitrogens with one attached hydrogen (secondary N) is 1. The van der Waals surface area contributed by atoms with Crippen LogP contribution in [-0.2, 0) is 6.18 Å². The van der Waals surface area contributed by atoms with Gasteiger partial charge in [-0.3, -0.25) is 5.43 Å². The fourth-order valence-electron chi connectivity index (χ4n) is 1.97. The largest absolute Gasteiger partial charge is 0.497 e. The Kier molecular flexibility index (Phi) is 5.73. The van der Waals surface area contributed by atoms with Gasteiger partial charge in [0.1, 0.15) is 11.5 Å². The van der Waals surface area contributed by atoms with E-state index in [1.54, 1.807) is 25.1 Å². The van der Waals surface area contributed by atoms with E-state index >= 15 is 0 Å². The van der Waals surface area contributed by atoms with Crippen molar-refractivity contribution in [2.45, 2.75) is 13.1 Å². The number of halogens is 4. The summed E-state index contributed by atoms with van der Waals surface area (Å²) in [4.78, 5) is 3.66. The van der Waals surface area contributed by atoms with Crippen LogP contribution in [0.25, 0.3) is 0 Å². The molecule has 0 radical (unpaired) electrons. The first-order chi connectivity index (χ1) is 11.8. The van der Waals surface area contributed by atoms with Gasteiger partial charge in [0.15, 0.2) is 5.82 Å². The van der Waals surface area contributed by atoms with Crippen molar-refractivity contribution in [3.05, 3.63) is 46.6 Å². The fourth-order valence-corrected chi connectivity index (χ4v) is 2.18. The molecule has 1 aromatic carbocycles. The smallest absolute Gasteiger partial charge is 0.417 e. The molecular formula is C16H15ClF3N3O2. The number of methoxy groups -OCH3 is 2. The van der Waals surface area contributed by atoms with Crippen molar-refractivity contribution in [2.24, 2.45) is 5.10 Å². The molecule has 0 bridgehead atoms. The van der Waals surface area contributed by atoms with Gasteiger partial charge < -0.3 is 9.47 Å². The van der Waals surface area contributed by atoms with Crippen LogP contribution in [0.4, 0.5) is 19.0 Å². The molecule has 0 spiro atoms. The molecule has 25 heavy (non-hydrogen) atoms. The maximum absolute atomic E-state index is 12.6. The first-order valence-corrected chi connectivity index (χ1v) is 7.39. The number of benzene rings is 1. The minimum Gasteiger partial charge on any atom is -0.497 e. The zero-order chi connectivity index (χ0) is 18.6. The summed E-state index contributed by atoms with van der Waals surface area (Å²) in [5.41, 5.74) is 2.84. The average molecular weight is 374 g/mol. The van der Waals surface area contributed by atoms with Crippen LogP contribution in [0.5, 0.6) is 11.5 Å². The molecule has 0 unspecified atom stereocenters. The predicted octanol–water partition coefficient (Wildman–Crippen LogP) is 4.61. The van der Waals surface area contributed by atoms with E-state index in [1.165, 1.54) is 14.2 Å². The Bertz CT molecular complexity index is 795. The lowest BCUT2D eigenvalue weighted by molar-refractivity contribution is -0.137. The van der Waals surface area contributed by atoms with Crippen molar-refractivity contribution < 1.29 is 22.6 Å².